The zero-order valence-electron chi connectivity index (χ0n) is 15.8. The van der Waals surface area contributed by atoms with Gasteiger partial charge in [-0.25, -0.2) is 9.38 Å². The first-order valence-electron chi connectivity index (χ1n) is 8.80. The van der Waals surface area contributed by atoms with Crippen molar-refractivity contribution in [3.8, 4) is 11.5 Å². The van der Waals surface area contributed by atoms with Gasteiger partial charge in [0.25, 0.3) is 0 Å². The lowest BCUT2D eigenvalue weighted by Gasteiger charge is -2.22. The number of aliphatic imine (C=N–C) groups is 1. The van der Waals surface area contributed by atoms with Crippen molar-refractivity contribution >= 4 is 11.6 Å². The Bertz CT molecular complexity index is 777. The molecule has 1 unspecified atom stereocenters. The molecular formula is C20H26FN3O3. The van der Waals surface area contributed by atoms with Crippen LogP contribution in [0, 0.1) is 5.82 Å². The van der Waals surface area contributed by atoms with Crippen LogP contribution in [0.25, 0.3) is 0 Å². The van der Waals surface area contributed by atoms with Crippen LogP contribution in [0.2, 0.25) is 0 Å². The Morgan fingerprint density at radius 1 is 1.15 bits per heavy atom. The molecule has 7 heteroatoms. The summed E-state index contributed by atoms with van der Waals surface area (Å²) in [7, 11) is 0. The number of ether oxygens (including phenoxy) is 2. The van der Waals surface area contributed by atoms with Crippen LogP contribution in [0.4, 0.5) is 10.1 Å². The summed E-state index contributed by atoms with van der Waals surface area (Å²) >= 11 is 0. The number of rotatable bonds is 8. The zero-order chi connectivity index (χ0) is 19.9. The summed E-state index contributed by atoms with van der Waals surface area (Å²) in [6.45, 7) is 6.43. The number of guanidine groups is 1. The molecule has 2 aromatic rings. The van der Waals surface area contributed by atoms with Crippen LogP contribution in [0.5, 0.6) is 11.5 Å². The molecule has 0 aliphatic heterocycles. The van der Waals surface area contributed by atoms with Gasteiger partial charge >= 0.3 is 0 Å². The van der Waals surface area contributed by atoms with Crippen LogP contribution >= 0.6 is 0 Å². The molecule has 0 fully saturated rings. The van der Waals surface area contributed by atoms with Crippen molar-refractivity contribution in [1.29, 1.82) is 0 Å². The Morgan fingerprint density at radius 2 is 1.81 bits per heavy atom. The molecule has 0 heterocycles. The van der Waals surface area contributed by atoms with Crippen molar-refractivity contribution in [1.82, 2.24) is 0 Å². The minimum atomic E-state index is -1.28. The molecule has 2 rings (SSSR count). The fourth-order valence-electron chi connectivity index (χ4n) is 2.46. The molecule has 0 bridgehead atoms. The molecule has 0 amide bonds. The van der Waals surface area contributed by atoms with Crippen LogP contribution in [0.3, 0.4) is 0 Å². The molecule has 0 aliphatic carbocycles. The van der Waals surface area contributed by atoms with Crippen molar-refractivity contribution in [3.63, 3.8) is 0 Å². The maximum atomic E-state index is 13.1. The summed E-state index contributed by atoms with van der Waals surface area (Å²) in [5.41, 5.74) is 5.86. The highest BCUT2D eigenvalue weighted by atomic mass is 19.1. The quantitative estimate of drug-likeness (QED) is 0.487. The molecule has 4 N–H and O–H groups in total. The first-order valence-corrected chi connectivity index (χ1v) is 8.80. The third-order valence-electron chi connectivity index (χ3n) is 3.85. The Kier molecular flexibility index (Phi) is 7.01. The zero-order valence-corrected chi connectivity index (χ0v) is 15.8. The fraction of sp³-hybridized carbons (Fsp3) is 0.350. The number of hydrogen-bond acceptors (Lipinski definition) is 4. The minimum Gasteiger partial charge on any atom is -0.494 e. The van der Waals surface area contributed by atoms with E-state index in [9.17, 15) is 9.50 Å². The summed E-state index contributed by atoms with van der Waals surface area (Å²) in [4.78, 5) is 4.21. The van der Waals surface area contributed by atoms with Gasteiger partial charge in [0.15, 0.2) is 5.96 Å². The van der Waals surface area contributed by atoms with E-state index in [4.69, 9.17) is 15.2 Å². The predicted octanol–water partition coefficient (Wildman–Crippen LogP) is 3.26. The van der Waals surface area contributed by atoms with E-state index in [2.05, 4.69) is 10.3 Å². The number of hydrogen-bond donors (Lipinski definition) is 3. The molecule has 0 saturated heterocycles. The van der Waals surface area contributed by atoms with Gasteiger partial charge in [-0.15, -0.1) is 0 Å². The third-order valence-corrected chi connectivity index (χ3v) is 3.85. The number of anilines is 1. The normalized spacial score (nSPS) is 13.7. The van der Waals surface area contributed by atoms with E-state index in [1.54, 1.807) is 19.1 Å². The molecule has 2 aromatic carbocycles. The van der Waals surface area contributed by atoms with Crippen molar-refractivity contribution in [2.45, 2.75) is 26.4 Å². The molecular weight excluding hydrogens is 349 g/mol. The Hall–Kier alpha value is -2.80. The fourth-order valence-corrected chi connectivity index (χ4v) is 2.46. The van der Waals surface area contributed by atoms with E-state index < -0.39 is 5.60 Å². The van der Waals surface area contributed by atoms with Crippen LogP contribution in [0.1, 0.15) is 26.3 Å². The SMILES string of the molecule is CCOc1ccc(OCC)c(NC(N)=NCC(C)(O)c2ccc(F)cc2)c1. The molecule has 0 spiro atoms. The van der Waals surface area contributed by atoms with Crippen molar-refractivity contribution < 1.29 is 19.0 Å². The lowest BCUT2D eigenvalue weighted by Crippen LogP contribution is -2.29. The number of aliphatic hydroxyl groups is 1. The van der Waals surface area contributed by atoms with E-state index in [0.29, 0.717) is 36.0 Å². The summed E-state index contributed by atoms with van der Waals surface area (Å²) in [5.74, 6) is 1.04. The molecule has 0 aliphatic rings. The first kappa shape index (κ1) is 20.5. The van der Waals surface area contributed by atoms with Gasteiger partial charge in [-0.3, -0.25) is 0 Å². The summed E-state index contributed by atoms with van der Waals surface area (Å²) < 4.78 is 24.1. The van der Waals surface area contributed by atoms with E-state index in [0.717, 1.165) is 0 Å². The Labute approximate surface area is 158 Å². The van der Waals surface area contributed by atoms with Gasteiger partial charge in [0.2, 0.25) is 0 Å². The minimum absolute atomic E-state index is 0.00653. The summed E-state index contributed by atoms with van der Waals surface area (Å²) in [6, 6.07) is 11.0. The van der Waals surface area contributed by atoms with Crippen molar-refractivity contribution in [2.24, 2.45) is 10.7 Å². The standard InChI is InChI=1S/C20H26FN3O3/c1-4-26-16-10-11-18(27-5-2)17(12-16)24-19(22)23-13-20(3,25)14-6-8-15(21)9-7-14/h6-12,25H,4-5,13H2,1-3H3,(H3,22,23,24). The predicted molar refractivity (Wildman–Crippen MR) is 105 cm³/mol. The molecule has 6 nitrogen and oxygen atoms in total. The second kappa shape index (κ2) is 9.23. The van der Waals surface area contributed by atoms with Crippen LogP contribution < -0.4 is 20.5 Å². The van der Waals surface area contributed by atoms with E-state index in [1.807, 2.05) is 19.9 Å². The highest BCUT2D eigenvalue weighted by molar-refractivity contribution is 5.94. The van der Waals surface area contributed by atoms with Gasteiger partial charge in [-0.2, -0.15) is 0 Å². The average Bonchev–Trinajstić information content (AvgIpc) is 2.63. The Balaban J connectivity index is 2.14. The van der Waals surface area contributed by atoms with Crippen LogP contribution in [0.15, 0.2) is 47.5 Å². The van der Waals surface area contributed by atoms with Crippen LogP contribution in [-0.4, -0.2) is 30.8 Å². The Morgan fingerprint density at radius 3 is 2.44 bits per heavy atom. The molecule has 0 aromatic heterocycles. The molecule has 146 valence electrons. The maximum Gasteiger partial charge on any atom is 0.193 e. The molecule has 1 atom stereocenters. The van der Waals surface area contributed by atoms with Gasteiger partial charge in [0, 0.05) is 6.07 Å². The van der Waals surface area contributed by atoms with Crippen molar-refractivity contribution in [3.05, 3.63) is 53.8 Å². The lowest BCUT2D eigenvalue weighted by molar-refractivity contribution is 0.0673. The number of halogens is 1. The van der Waals surface area contributed by atoms with Gasteiger partial charge in [-0.05, 0) is 50.6 Å². The van der Waals surface area contributed by atoms with Gasteiger partial charge in [-0.1, -0.05) is 12.1 Å². The van der Waals surface area contributed by atoms with Gasteiger partial charge in [0.05, 0.1) is 25.4 Å². The van der Waals surface area contributed by atoms with Gasteiger partial charge < -0.3 is 25.6 Å². The monoisotopic (exact) mass is 375 g/mol. The number of nitrogens with one attached hydrogen (secondary N) is 1. The summed E-state index contributed by atoms with van der Waals surface area (Å²) in [6.07, 6.45) is 0. The average molecular weight is 375 g/mol. The number of nitrogens with zero attached hydrogens (tertiary/aromatic N) is 1. The second-order valence-electron chi connectivity index (χ2n) is 6.13. The smallest absolute Gasteiger partial charge is 0.193 e. The van der Waals surface area contributed by atoms with Crippen LogP contribution in [-0.2, 0) is 5.60 Å². The van der Waals surface area contributed by atoms with E-state index in [-0.39, 0.29) is 18.3 Å². The molecule has 27 heavy (non-hydrogen) atoms. The molecule has 0 radical (unpaired) electrons. The second-order valence-corrected chi connectivity index (χ2v) is 6.13. The first-order chi connectivity index (χ1) is 12.9. The molecule has 0 saturated carbocycles. The van der Waals surface area contributed by atoms with E-state index >= 15 is 0 Å². The largest absolute Gasteiger partial charge is 0.494 e. The van der Waals surface area contributed by atoms with Gasteiger partial charge in [0.1, 0.15) is 22.9 Å². The maximum absolute atomic E-state index is 13.1. The van der Waals surface area contributed by atoms with Crippen molar-refractivity contribution in [2.75, 3.05) is 25.1 Å². The lowest BCUT2D eigenvalue weighted by atomic mass is 9.96. The highest BCUT2D eigenvalue weighted by Gasteiger charge is 2.23. The topological polar surface area (TPSA) is 89.1 Å². The number of benzene rings is 2. The highest BCUT2D eigenvalue weighted by Crippen LogP contribution is 2.29. The number of nitrogens with two attached hydrogens (primary N) is 1. The van der Waals surface area contributed by atoms with E-state index in [1.165, 1.54) is 24.3 Å². The third kappa shape index (κ3) is 5.86. The summed E-state index contributed by atoms with van der Waals surface area (Å²) in [5, 5.41) is 13.6.